The Morgan fingerprint density at radius 3 is 2.58 bits per heavy atom. The zero-order valence-corrected chi connectivity index (χ0v) is 11.0. The normalized spacial score (nSPS) is 21.5. The van der Waals surface area contributed by atoms with Crippen LogP contribution in [-0.4, -0.2) is 16.2 Å². The molecule has 0 saturated carbocycles. The predicted octanol–water partition coefficient (Wildman–Crippen LogP) is 1.55. The van der Waals surface area contributed by atoms with E-state index in [0.29, 0.717) is 5.84 Å². The highest BCUT2D eigenvalue weighted by Crippen LogP contribution is 2.28. The molecule has 0 bridgehead atoms. The van der Waals surface area contributed by atoms with Crippen molar-refractivity contribution < 1.29 is 0 Å². The second-order valence-corrected chi connectivity index (χ2v) is 5.05. The van der Waals surface area contributed by atoms with E-state index in [1.54, 1.807) is 6.92 Å². The standard InChI is InChI=1S/C14H17N5/c1-9-3-5-10(6-4-9)19-8-7-11-12(15)17-14(2,16)18-13(11)19/h3-8,18H,16H2,1-2H3,(H2,15,17). The van der Waals surface area contributed by atoms with E-state index in [0.717, 1.165) is 17.1 Å². The lowest BCUT2D eigenvalue weighted by atomic mass is 10.2. The minimum Gasteiger partial charge on any atom is -0.383 e. The van der Waals surface area contributed by atoms with Gasteiger partial charge in [-0.3, -0.25) is 5.73 Å². The zero-order chi connectivity index (χ0) is 13.6. The maximum Gasteiger partial charge on any atom is 0.182 e. The van der Waals surface area contributed by atoms with Gasteiger partial charge in [0.05, 0.1) is 5.56 Å². The Morgan fingerprint density at radius 2 is 1.89 bits per heavy atom. The third-order valence-electron chi connectivity index (χ3n) is 3.20. The first kappa shape index (κ1) is 11.8. The summed E-state index contributed by atoms with van der Waals surface area (Å²) in [5, 5.41) is 3.20. The summed E-state index contributed by atoms with van der Waals surface area (Å²) in [5.41, 5.74) is 15.1. The monoisotopic (exact) mass is 255 g/mol. The molecule has 1 unspecified atom stereocenters. The van der Waals surface area contributed by atoms with Crippen LogP contribution in [0, 0.1) is 6.92 Å². The molecule has 2 aromatic rings. The molecule has 5 N–H and O–H groups in total. The number of nitrogens with one attached hydrogen (secondary N) is 1. The summed E-state index contributed by atoms with van der Waals surface area (Å²) in [5.74, 6) is 0.462. The van der Waals surface area contributed by atoms with Gasteiger partial charge in [0.2, 0.25) is 0 Å². The van der Waals surface area contributed by atoms with Gasteiger partial charge in [0, 0.05) is 11.9 Å². The minimum atomic E-state index is -0.877. The average molecular weight is 255 g/mol. The van der Waals surface area contributed by atoms with E-state index < -0.39 is 5.79 Å². The van der Waals surface area contributed by atoms with Gasteiger partial charge >= 0.3 is 0 Å². The van der Waals surface area contributed by atoms with Crippen molar-refractivity contribution in [2.75, 3.05) is 5.32 Å². The zero-order valence-electron chi connectivity index (χ0n) is 11.0. The molecule has 0 spiro atoms. The van der Waals surface area contributed by atoms with E-state index in [9.17, 15) is 0 Å². The van der Waals surface area contributed by atoms with Crippen molar-refractivity contribution in [3.05, 3.63) is 47.7 Å². The number of aromatic nitrogens is 1. The Morgan fingerprint density at radius 1 is 1.21 bits per heavy atom. The van der Waals surface area contributed by atoms with Gasteiger partial charge in [0.1, 0.15) is 11.7 Å². The molecular formula is C14H17N5. The molecule has 5 nitrogen and oxygen atoms in total. The lowest BCUT2D eigenvalue weighted by Crippen LogP contribution is -2.47. The van der Waals surface area contributed by atoms with E-state index >= 15 is 0 Å². The Labute approximate surface area is 111 Å². The van der Waals surface area contributed by atoms with Crippen molar-refractivity contribution in [2.24, 2.45) is 16.5 Å². The van der Waals surface area contributed by atoms with Gasteiger partial charge in [0.25, 0.3) is 0 Å². The summed E-state index contributed by atoms with van der Waals surface area (Å²) >= 11 is 0. The van der Waals surface area contributed by atoms with E-state index in [1.165, 1.54) is 5.56 Å². The van der Waals surface area contributed by atoms with E-state index in [4.69, 9.17) is 11.5 Å². The molecule has 0 aliphatic carbocycles. The summed E-state index contributed by atoms with van der Waals surface area (Å²) in [6.07, 6.45) is 1.96. The first-order chi connectivity index (χ1) is 8.96. The first-order valence-corrected chi connectivity index (χ1v) is 6.17. The number of rotatable bonds is 1. The van der Waals surface area contributed by atoms with Gasteiger partial charge in [-0.25, -0.2) is 4.99 Å². The van der Waals surface area contributed by atoms with Crippen molar-refractivity contribution in [2.45, 2.75) is 19.6 Å². The van der Waals surface area contributed by atoms with Crippen LogP contribution in [0.1, 0.15) is 18.1 Å². The molecule has 1 aromatic carbocycles. The van der Waals surface area contributed by atoms with Crippen LogP contribution in [0.4, 0.5) is 5.82 Å². The molecule has 3 rings (SSSR count). The summed E-state index contributed by atoms with van der Waals surface area (Å²) < 4.78 is 2.03. The SMILES string of the molecule is Cc1ccc(-n2ccc3c2NC(C)(N)N=C3N)cc1. The van der Waals surface area contributed by atoms with Crippen LogP contribution in [-0.2, 0) is 0 Å². The Balaban J connectivity index is 2.12. The lowest BCUT2D eigenvalue weighted by Gasteiger charge is -2.29. The van der Waals surface area contributed by atoms with Crippen molar-refractivity contribution in [1.82, 2.24) is 4.57 Å². The topological polar surface area (TPSA) is 81.4 Å². The molecule has 1 aliphatic rings. The fourth-order valence-corrected chi connectivity index (χ4v) is 2.27. The molecule has 0 radical (unpaired) electrons. The van der Waals surface area contributed by atoms with E-state index in [1.807, 2.05) is 16.8 Å². The fraction of sp³-hybridized carbons (Fsp3) is 0.214. The van der Waals surface area contributed by atoms with Gasteiger partial charge in [-0.2, -0.15) is 0 Å². The molecule has 2 heterocycles. The maximum atomic E-state index is 6.02. The van der Waals surface area contributed by atoms with Crippen molar-refractivity contribution in [3.63, 3.8) is 0 Å². The van der Waals surface area contributed by atoms with Gasteiger partial charge in [-0.05, 0) is 32.0 Å². The van der Waals surface area contributed by atoms with Gasteiger partial charge in [-0.1, -0.05) is 17.7 Å². The highest BCUT2D eigenvalue weighted by atomic mass is 15.3. The lowest BCUT2D eigenvalue weighted by molar-refractivity contribution is 0.557. The van der Waals surface area contributed by atoms with Gasteiger partial charge in [-0.15, -0.1) is 0 Å². The number of aliphatic imine (C=N–C) groups is 1. The quantitative estimate of drug-likeness (QED) is 0.723. The highest BCUT2D eigenvalue weighted by Gasteiger charge is 2.27. The molecule has 5 heteroatoms. The largest absolute Gasteiger partial charge is 0.383 e. The number of aryl methyl sites for hydroxylation is 1. The van der Waals surface area contributed by atoms with Crippen molar-refractivity contribution >= 4 is 11.7 Å². The maximum absolute atomic E-state index is 6.02. The number of nitrogens with two attached hydrogens (primary N) is 2. The third-order valence-corrected chi connectivity index (χ3v) is 3.20. The summed E-state index contributed by atoms with van der Waals surface area (Å²) in [6.45, 7) is 3.85. The predicted molar refractivity (Wildman–Crippen MR) is 77.4 cm³/mol. The second-order valence-electron chi connectivity index (χ2n) is 5.05. The highest BCUT2D eigenvalue weighted by molar-refractivity contribution is 6.04. The van der Waals surface area contributed by atoms with Crippen LogP contribution in [0.25, 0.3) is 5.69 Å². The van der Waals surface area contributed by atoms with Crippen molar-refractivity contribution in [3.8, 4) is 5.69 Å². The number of fused-ring (bicyclic) bond motifs is 1. The molecule has 1 aromatic heterocycles. The summed E-state index contributed by atoms with van der Waals surface area (Å²) in [7, 11) is 0. The molecule has 98 valence electrons. The Kier molecular flexibility index (Phi) is 2.40. The second kappa shape index (κ2) is 3.86. The van der Waals surface area contributed by atoms with Crippen molar-refractivity contribution in [1.29, 1.82) is 0 Å². The van der Waals surface area contributed by atoms with Crippen LogP contribution in [0.5, 0.6) is 0 Å². The number of hydrogen-bond acceptors (Lipinski definition) is 4. The van der Waals surface area contributed by atoms with Crippen LogP contribution in [0.3, 0.4) is 0 Å². The number of anilines is 1. The smallest absolute Gasteiger partial charge is 0.182 e. The van der Waals surface area contributed by atoms with Gasteiger partial charge < -0.3 is 15.6 Å². The van der Waals surface area contributed by atoms with E-state index in [-0.39, 0.29) is 0 Å². The minimum absolute atomic E-state index is 0.463. The number of benzene rings is 1. The van der Waals surface area contributed by atoms with Crippen LogP contribution in [0.2, 0.25) is 0 Å². The summed E-state index contributed by atoms with van der Waals surface area (Å²) in [4.78, 5) is 4.22. The third kappa shape index (κ3) is 1.98. The van der Waals surface area contributed by atoms with Crippen LogP contribution >= 0.6 is 0 Å². The molecule has 0 saturated heterocycles. The molecule has 1 atom stereocenters. The van der Waals surface area contributed by atoms with E-state index in [2.05, 4.69) is 41.5 Å². The molecule has 1 aliphatic heterocycles. The number of hydrogen-bond donors (Lipinski definition) is 3. The molecule has 0 amide bonds. The summed E-state index contributed by atoms with van der Waals surface area (Å²) in [6, 6.07) is 10.2. The Hall–Kier alpha value is -2.27. The van der Waals surface area contributed by atoms with Gasteiger partial charge in [0.15, 0.2) is 5.79 Å². The Bertz CT molecular complexity index is 649. The number of nitrogens with zero attached hydrogens (tertiary/aromatic N) is 2. The molecular weight excluding hydrogens is 238 g/mol. The molecule has 0 fully saturated rings. The fourth-order valence-electron chi connectivity index (χ4n) is 2.27. The van der Waals surface area contributed by atoms with Crippen LogP contribution in [0.15, 0.2) is 41.5 Å². The van der Waals surface area contributed by atoms with Crippen LogP contribution < -0.4 is 16.8 Å². The molecule has 19 heavy (non-hydrogen) atoms. The number of amidine groups is 1. The first-order valence-electron chi connectivity index (χ1n) is 6.17. The average Bonchev–Trinajstić information content (AvgIpc) is 2.72.